The Morgan fingerprint density at radius 2 is 1.82 bits per heavy atom. The zero-order valence-corrected chi connectivity index (χ0v) is 25.3. The van der Waals surface area contributed by atoms with Gasteiger partial charge in [-0.2, -0.15) is 0 Å². The van der Waals surface area contributed by atoms with Crippen LogP contribution in [0.5, 0.6) is 0 Å². The van der Waals surface area contributed by atoms with Gasteiger partial charge in [0.05, 0.1) is 40.0 Å². The van der Waals surface area contributed by atoms with Crippen LogP contribution in [0, 0.1) is 28.9 Å². The van der Waals surface area contributed by atoms with Gasteiger partial charge in [-0.3, -0.25) is 39.5 Å². The zero-order valence-electron chi connectivity index (χ0n) is 23.8. The summed E-state index contributed by atoms with van der Waals surface area (Å²) < 4.78 is 5.78. The van der Waals surface area contributed by atoms with Crippen molar-refractivity contribution in [3.05, 3.63) is 115 Å². The minimum absolute atomic E-state index is 0.00842. The Morgan fingerprint density at radius 1 is 1.11 bits per heavy atom. The number of nitro benzene ring substituents is 1. The molecule has 4 aromatic rings. The molecule has 2 aliphatic rings. The summed E-state index contributed by atoms with van der Waals surface area (Å²) in [5.41, 5.74) is -1.38. The van der Waals surface area contributed by atoms with E-state index in [9.17, 15) is 34.4 Å². The molecule has 0 bridgehead atoms. The number of nitro groups is 1. The number of thioether (sulfide) groups is 1. The highest BCUT2D eigenvalue weighted by Crippen LogP contribution is 2.50. The molecule has 11 nitrogen and oxygen atoms in total. The second kappa shape index (κ2) is 11.8. The first kappa shape index (κ1) is 30.5. The van der Waals surface area contributed by atoms with Gasteiger partial charge in [-0.1, -0.05) is 41.9 Å². The highest BCUT2D eigenvalue weighted by atomic mass is 35.5. The largest absolute Gasteiger partial charge is 0.480 e. The number of imide groups is 1. The smallest absolute Gasteiger partial charge is 0.325 e. The monoisotopic (exact) mass is 647 g/mol. The average molecular weight is 648 g/mol. The van der Waals surface area contributed by atoms with Crippen LogP contribution >= 0.6 is 23.4 Å². The molecule has 6 rings (SSSR count). The molecule has 4 atom stereocenters. The normalized spacial score (nSPS) is 22.6. The van der Waals surface area contributed by atoms with Gasteiger partial charge in [0.25, 0.3) is 5.69 Å². The molecule has 2 amide bonds. The van der Waals surface area contributed by atoms with Gasteiger partial charge in [-0.05, 0) is 42.3 Å². The molecule has 3 heterocycles. The third-order valence-corrected chi connectivity index (χ3v) is 9.90. The zero-order chi connectivity index (χ0) is 32.0. The number of non-ortho nitro benzene ring substituents is 1. The first-order chi connectivity index (χ1) is 21.5. The van der Waals surface area contributed by atoms with E-state index in [1.54, 1.807) is 13.0 Å². The number of halogens is 1. The molecule has 0 spiro atoms. The van der Waals surface area contributed by atoms with E-state index in [-0.39, 0.29) is 35.2 Å². The second-order valence-electron chi connectivity index (χ2n) is 11.1. The lowest BCUT2D eigenvalue weighted by molar-refractivity contribution is -0.384. The molecule has 3 aromatic carbocycles. The third-order valence-electron chi connectivity index (χ3n) is 8.50. The highest BCUT2D eigenvalue weighted by molar-refractivity contribution is 7.99. The molecule has 2 N–H and O–H groups in total. The van der Waals surface area contributed by atoms with Gasteiger partial charge in [0, 0.05) is 40.8 Å². The number of hydrogen-bond acceptors (Lipinski definition) is 9. The summed E-state index contributed by atoms with van der Waals surface area (Å²) in [5, 5.41) is 25.4. The van der Waals surface area contributed by atoms with Gasteiger partial charge in [0.1, 0.15) is 11.1 Å². The van der Waals surface area contributed by atoms with Crippen molar-refractivity contribution in [2.75, 3.05) is 12.3 Å². The lowest BCUT2D eigenvalue weighted by atomic mass is 9.76. The molecular weight excluding hydrogens is 622 g/mol. The standard InChI is InChI=1S/C32H26ClN3O8S/c1-17-13-24-21(14-23(17)33)28(37)22(16-44-24)27-25-26(30(39)35(29(25)38)11-12-45-20-5-3-2-4-6-20)32(34-27,31(40)41)15-18-7-9-19(10-8-18)36(42)43/h2-10,13-14,16,25-27,34H,11-12,15H2,1H3,(H,40,41). The number of fused-ring (bicyclic) bond motifs is 2. The van der Waals surface area contributed by atoms with E-state index < -0.39 is 51.6 Å². The molecule has 2 saturated heterocycles. The number of carboxylic acid groups (broad SMARTS) is 1. The number of aliphatic carboxylic acids is 1. The van der Waals surface area contributed by atoms with Crippen molar-refractivity contribution in [2.24, 2.45) is 11.8 Å². The molecule has 1 aromatic heterocycles. The lowest BCUT2D eigenvalue weighted by Gasteiger charge is -2.31. The van der Waals surface area contributed by atoms with Gasteiger partial charge < -0.3 is 9.52 Å². The second-order valence-corrected chi connectivity index (χ2v) is 12.7. The number of rotatable bonds is 9. The summed E-state index contributed by atoms with van der Waals surface area (Å²) in [6.45, 7) is 1.79. The SMILES string of the molecule is Cc1cc2occ(C3NC(Cc4ccc([N+](=O)[O-])cc4)(C(=O)O)C4C(=O)N(CCSc5ccccc5)C(=O)C34)c(=O)c2cc1Cl. The van der Waals surface area contributed by atoms with Crippen LogP contribution in [0.15, 0.2) is 87.1 Å². The summed E-state index contributed by atoms with van der Waals surface area (Å²) in [7, 11) is 0. The van der Waals surface area contributed by atoms with E-state index in [1.165, 1.54) is 48.4 Å². The van der Waals surface area contributed by atoms with E-state index in [1.807, 2.05) is 30.3 Å². The summed E-state index contributed by atoms with van der Waals surface area (Å²) >= 11 is 7.74. The summed E-state index contributed by atoms with van der Waals surface area (Å²) in [6.07, 6.45) is 0.912. The number of carbonyl (C=O) groups excluding carboxylic acids is 2. The summed E-state index contributed by atoms with van der Waals surface area (Å²) in [6, 6.07) is 16.6. The number of hydrogen-bond donors (Lipinski definition) is 2. The van der Waals surface area contributed by atoms with Crippen molar-refractivity contribution in [1.29, 1.82) is 0 Å². The fraction of sp³-hybridized carbons (Fsp3) is 0.250. The van der Waals surface area contributed by atoms with Gasteiger partial charge in [0.2, 0.25) is 11.8 Å². The maximum Gasteiger partial charge on any atom is 0.325 e. The van der Waals surface area contributed by atoms with Crippen molar-refractivity contribution >= 4 is 57.8 Å². The molecule has 2 aliphatic heterocycles. The van der Waals surface area contributed by atoms with E-state index >= 15 is 0 Å². The van der Waals surface area contributed by atoms with E-state index in [2.05, 4.69) is 5.32 Å². The topological polar surface area (TPSA) is 160 Å². The number of carboxylic acids is 1. The van der Waals surface area contributed by atoms with Crippen LogP contribution in [0.1, 0.15) is 22.7 Å². The summed E-state index contributed by atoms with van der Waals surface area (Å²) in [4.78, 5) is 67.7. The van der Waals surface area contributed by atoms with Crippen LogP contribution in [-0.4, -0.2) is 50.5 Å². The van der Waals surface area contributed by atoms with Gasteiger partial charge in [-0.15, -0.1) is 11.8 Å². The number of nitrogens with zero attached hydrogens (tertiary/aromatic N) is 2. The maximum atomic E-state index is 14.0. The van der Waals surface area contributed by atoms with Crippen LogP contribution in [0.2, 0.25) is 5.02 Å². The van der Waals surface area contributed by atoms with Crippen molar-refractivity contribution in [3.63, 3.8) is 0 Å². The first-order valence-corrected chi connectivity index (χ1v) is 15.4. The molecule has 13 heteroatoms. The lowest BCUT2D eigenvalue weighted by Crippen LogP contribution is -2.57. The Bertz CT molecular complexity index is 1920. The fourth-order valence-electron chi connectivity index (χ4n) is 6.29. The third kappa shape index (κ3) is 5.28. The molecule has 2 fully saturated rings. The Morgan fingerprint density at radius 3 is 2.49 bits per heavy atom. The number of amides is 2. The van der Waals surface area contributed by atoms with Crippen LogP contribution in [0.3, 0.4) is 0 Å². The van der Waals surface area contributed by atoms with Crippen molar-refractivity contribution in [3.8, 4) is 0 Å². The van der Waals surface area contributed by atoms with E-state index in [4.69, 9.17) is 16.0 Å². The van der Waals surface area contributed by atoms with Crippen molar-refractivity contribution in [2.45, 2.75) is 29.8 Å². The van der Waals surface area contributed by atoms with E-state index in [0.717, 1.165) is 9.80 Å². The molecule has 0 radical (unpaired) electrons. The molecule has 230 valence electrons. The van der Waals surface area contributed by atoms with Crippen LogP contribution in [0.4, 0.5) is 5.69 Å². The molecule has 45 heavy (non-hydrogen) atoms. The maximum absolute atomic E-state index is 14.0. The molecule has 4 unspecified atom stereocenters. The Kier molecular flexibility index (Phi) is 7.98. The molecular formula is C32H26ClN3O8S. The molecule has 0 saturated carbocycles. The summed E-state index contributed by atoms with van der Waals surface area (Å²) in [5.74, 6) is -4.89. The first-order valence-electron chi connectivity index (χ1n) is 14.0. The predicted octanol–water partition coefficient (Wildman–Crippen LogP) is 4.77. The minimum Gasteiger partial charge on any atom is -0.480 e. The fourth-order valence-corrected chi connectivity index (χ4v) is 7.32. The Labute approximate surface area is 265 Å². The Hall–Kier alpha value is -4.52. The van der Waals surface area contributed by atoms with Crippen LogP contribution < -0.4 is 10.7 Å². The van der Waals surface area contributed by atoms with Gasteiger partial charge in [0.15, 0.2) is 5.43 Å². The van der Waals surface area contributed by atoms with Crippen molar-refractivity contribution < 1.29 is 28.8 Å². The minimum atomic E-state index is -2.02. The number of likely N-dealkylation sites (tertiary alicyclic amines) is 1. The van der Waals surface area contributed by atoms with Gasteiger partial charge >= 0.3 is 5.97 Å². The number of benzene rings is 3. The predicted molar refractivity (Wildman–Crippen MR) is 166 cm³/mol. The number of aryl methyl sites for hydroxylation is 1. The number of nitrogens with one attached hydrogen (secondary N) is 1. The van der Waals surface area contributed by atoms with Gasteiger partial charge in [-0.25, -0.2) is 0 Å². The van der Waals surface area contributed by atoms with Crippen LogP contribution in [-0.2, 0) is 20.8 Å². The average Bonchev–Trinajstić information content (AvgIpc) is 3.48. The Balaban J connectivity index is 1.42. The highest BCUT2D eigenvalue weighted by Gasteiger charge is 2.68. The number of carbonyl (C=O) groups is 3. The van der Waals surface area contributed by atoms with Crippen LogP contribution in [0.25, 0.3) is 11.0 Å². The molecule has 0 aliphatic carbocycles. The van der Waals surface area contributed by atoms with E-state index in [0.29, 0.717) is 21.9 Å². The van der Waals surface area contributed by atoms with Crippen molar-refractivity contribution in [1.82, 2.24) is 10.2 Å². The quantitative estimate of drug-likeness (QED) is 0.112.